The molecule has 0 aromatic carbocycles. The van der Waals surface area contributed by atoms with Gasteiger partial charge in [0.1, 0.15) is 18.3 Å². The van der Waals surface area contributed by atoms with Crippen LogP contribution in [0.1, 0.15) is 76.7 Å². The fraction of sp³-hybridized carbons (Fsp3) is 0.714. The Labute approximate surface area is 234 Å². The zero-order valence-electron chi connectivity index (χ0n) is 23.7. The van der Waals surface area contributed by atoms with Crippen molar-refractivity contribution in [1.29, 1.82) is 0 Å². The van der Waals surface area contributed by atoms with Crippen molar-refractivity contribution >= 4 is 22.9 Å². The average molecular weight is 555 g/mol. The van der Waals surface area contributed by atoms with Crippen molar-refractivity contribution < 1.29 is 19.5 Å². The first-order valence-electron chi connectivity index (χ1n) is 14.9. The molecule has 3 aliphatic heterocycles. The molecule has 5 atom stereocenters. The van der Waals surface area contributed by atoms with Gasteiger partial charge in [0, 0.05) is 31.7 Å². The number of imidazole rings is 1. The maximum Gasteiger partial charge on any atom is 0.229 e. The van der Waals surface area contributed by atoms with Gasteiger partial charge < -0.3 is 29.7 Å². The van der Waals surface area contributed by atoms with Crippen LogP contribution in [0.15, 0.2) is 16.9 Å². The van der Waals surface area contributed by atoms with Crippen LogP contribution in [0.3, 0.4) is 0 Å². The van der Waals surface area contributed by atoms with Crippen molar-refractivity contribution in [2.45, 2.75) is 89.9 Å². The Morgan fingerprint density at radius 2 is 1.88 bits per heavy atom. The van der Waals surface area contributed by atoms with E-state index in [1.807, 2.05) is 6.92 Å². The summed E-state index contributed by atoms with van der Waals surface area (Å²) in [5.74, 6) is 2.24. The first-order valence-corrected chi connectivity index (χ1v) is 14.9. The Bertz CT molecular complexity index is 1290. The van der Waals surface area contributed by atoms with Crippen LogP contribution in [0.25, 0.3) is 11.2 Å². The Morgan fingerprint density at radius 1 is 1.07 bits per heavy atom. The van der Waals surface area contributed by atoms with Crippen molar-refractivity contribution in [3.8, 4) is 0 Å². The van der Waals surface area contributed by atoms with E-state index in [1.54, 1.807) is 17.0 Å². The number of aliphatic hydroxyl groups excluding tert-OH is 2. The topological polar surface area (TPSA) is 138 Å². The molecular formula is C28H42N8O4. The van der Waals surface area contributed by atoms with Gasteiger partial charge >= 0.3 is 0 Å². The Morgan fingerprint density at radius 3 is 2.60 bits per heavy atom. The highest BCUT2D eigenvalue weighted by molar-refractivity contribution is 5.84. The summed E-state index contributed by atoms with van der Waals surface area (Å²) in [6.45, 7) is 11.3. The van der Waals surface area contributed by atoms with Gasteiger partial charge in [0.2, 0.25) is 5.95 Å². The van der Waals surface area contributed by atoms with Crippen molar-refractivity contribution in [1.82, 2.24) is 29.6 Å². The minimum absolute atomic E-state index is 0.392. The number of anilines is 2. The van der Waals surface area contributed by atoms with E-state index in [4.69, 9.17) is 19.2 Å². The van der Waals surface area contributed by atoms with Crippen molar-refractivity contribution in [3.63, 3.8) is 0 Å². The Balaban J connectivity index is 1.32. The Hall–Kier alpha value is -2.80. The molecule has 3 saturated heterocycles. The molecule has 0 saturated carbocycles. The molecule has 218 valence electrons. The van der Waals surface area contributed by atoms with Gasteiger partial charge in [-0.15, -0.1) is 0 Å². The van der Waals surface area contributed by atoms with Gasteiger partial charge in [0.25, 0.3) is 0 Å². The summed E-state index contributed by atoms with van der Waals surface area (Å²) < 4.78 is 13.3. The van der Waals surface area contributed by atoms with E-state index in [0.29, 0.717) is 47.1 Å². The van der Waals surface area contributed by atoms with Crippen LogP contribution >= 0.6 is 0 Å². The lowest BCUT2D eigenvalue weighted by Crippen LogP contribution is -2.35. The highest BCUT2D eigenvalue weighted by Crippen LogP contribution is 2.40. The molecule has 0 aliphatic carbocycles. The first-order chi connectivity index (χ1) is 19.5. The number of rotatable bonds is 10. The largest absolute Gasteiger partial charge is 0.387 e. The van der Waals surface area contributed by atoms with Crippen LogP contribution in [0.5, 0.6) is 0 Å². The minimum atomic E-state index is -1.21. The molecule has 0 unspecified atom stereocenters. The number of fused-ring (bicyclic) bond motifs is 1. The molecule has 3 aromatic heterocycles. The van der Waals surface area contributed by atoms with Gasteiger partial charge in [0.05, 0.1) is 12.0 Å². The maximum atomic E-state index is 11.1. The molecule has 6 heterocycles. The van der Waals surface area contributed by atoms with E-state index in [0.717, 1.165) is 44.6 Å². The summed E-state index contributed by atoms with van der Waals surface area (Å²) in [4.78, 5) is 19.4. The highest BCUT2D eigenvalue weighted by Gasteiger charge is 2.47. The molecule has 3 aliphatic rings. The highest BCUT2D eigenvalue weighted by atomic mass is 16.6. The molecule has 12 heteroatoms. The number of hydrogen-bond donors (Lipinski definition) is 3. The van der Waals surface area contributed by atoms with E-state index in [9.17, 15) is 10.2 Å². The van der Waals surface area contributed by atoms with Crippen LogP contribution in [0.2, 0.25) is 0 Å². The molecule has 0 amide bonds. The summed E-state index contributed by atoms with van der Waals surface area (Å²) >= 11 is 0. The second kappa shape index (κ2) is 11.6. The normalized spacial score (nSPS) is 27.6. The molecule has 12 nitrogen and oxygen atoms in total. The summed E-state index contributed by atoms with van der Waals surface area (Å²) in [5.41, 5.74) is 1.94. The molecule has 3 N–H and O–H groups in total. The molecular weight excluding hydrogens is 512 g/mol. The fourth-order valence-electron chi connectivity index (χ4n) is 6.26. The van der Waals surface area contributed by atoms with E-state index in [-0.39, 0.29) is 0 Å². The minimum Gasteiger partial charge on any atom is -0.387 e. The fourth-order valence-corrected chi connectivity index (χ4v) is 6.26. The standard InChI is InChI=1S/C28H42N8O4/c1-4-17(5-2)14-29-25-21-26(32-28(31-25)35-12-9-19(15-35)34-10-7-8-11-34)36(16-30-21)27-23(38)22(37)24(39-27)20-13-18(6-3)33-40-20/h13,16-17,19,22-24,27,37-38H,4-12,14-15H2,1-3H3,(H,29,31,32)/t19-,22+,23-,24-,27-/m1/s1. The summed E-state index contributed by atoms with van der Waals surface area (Å²) in [5, 5.41) is 29.5. The number of nitrogens with zero attached hydrogens (tertiary/aromatic N) is 7. The molecule has 40 heavy (non-hydrogen) atoms. The number of aryl methyl sites for hydroxylation is 1. The monoisotopic (exact) mass is 554 g/mol. The first kappa shape index (κ1) is 27.4. The van der Waals surface area contributed by atoms with Crippen LogP contribution in [-0.4, -0.2) is 90.8 Å². The predicted molar refractivity (Wildman–Crippen MR) is 150 cm³/mol. The van der Waals surface area contributed by atoms with Crippen LogP contribution < -0.4 is 10.2 Å². The lowest BCUT2D eigenvalue weighted by Gasteiger charge is -2.24. The third kappa shape index (κ3) is 5.06. The SMILES string of the molecule is CCc1cc([C@H]2O[C@@H](n3cnc4c(NCC(CC)CC)nc(N5CC[C@@H](N6CCCC6)C5)nc43)[C@H](O)[C@@H]2O)on1. The number of likely N-dealkylation sites (tertiary alicyclic amines) is 1. The predicted octanol–water partition coefficient (Wildman–Crippen LogP) is 2.89. The number of ether oxygens (including phenoxy) is 1. The lowest BCUT2D eigenvalue weighted by atomic mass is 10.0. The smallest absolute Gasteiger partial charge is 0.229 e. The lowest BCUT2D eigenvalue weighted by molar-refractivity contribution is -0.0434. The van der Waals surface area contributed by atoms with Crippen molar-refractivity contribution in [2.75, 3.05) is 42.9 Å². The average Bonchev–Trinajstić information content (AvgIpc) is 3.80. The number of aliphatic hydroxyl groups is 2. The van der Waals surface area contributed by atoms with E-state index in [1.165, 1.54) is 25.9 Å². The van der Waals surface area contributed by atoms with Gasteiger partial charge in [-0.2, -0.15) is 9.97 Å². The molecule has 0 spiro atoms. The van der Waals surface area contributed by atoms with E-state index >= 15 is 0 Å². The number of nitrogens with one attached hydrogen (secondary N) is 1. The summed E-state index contributed by atoms with van der Waals surface area (Å²) in [6, 6.07) is 2.28. The van der Waals surface area contributed by atoms with Gasteiger partial charge in [-0.25, -0.2) is 4.98 Å². The third-order valence-electron chi connectivity index (χ3n) is 8.96. The quantitative estimate of drug-likeness (QED) is 0.341. The number of aromatic nitrogens is 5. The summed E-state index contributed by atoms with van der Waals surface area (Å²) in [6.07, 6.45) is 3.96. The van der Waals surface area contributed by atoms with Crippen molar-refractivity contribution in [3.05, 3.63) is 23.8 Å². The maximum absolute atomic E-state index is 11.1. The number of hydrogen-bond acceptors (Lipinski definition) is 11. The van der Waals surface area contributed by atoms with Gasteiger partial charge in [0.15, 0.2) is 29.0 Å². The summed E-state index contributed by atoms with van der Waals surface area (Å²) in [7, 11) is 0. The zero-order valence-corrected chi connectivity index (χ0v) is 23.7. The van der Waals surface area contributed by atoms with Gasteiger partial charge in [-0.1, -0.05) is 38.8 Å². The van der Waals surface area contributed by atoms with Gasteiger partial charge in [-0.3, -0.25) is 9.47 Å². The molecule has 3 fully saturated rings. The molecule has 3 aromatic rings. The van der Waals surface area contributed by atoms with Crippen LogP contribution in [-0.2, 0) is 11.2 Å². The van der Waals surface area contributed by atoms with Gasteiger partial charge in [-0.05, 0) is 44.7 Å². The molecule has 0 radical (unpaired) electrons. The Kier molecular flexibility index (Phi) is 7.93. The van der Waals surface area contributed by atoms with Crippen molar-refractivity contribution in [2.24, 2.45) is 5.92 Å². The van der Waals surface area contributed by atoms with Crippen LogP contribution in [0, 0.1) is 5.92 Å². The second-order valence-electron chi connectivity index (χ2n) is 11.4. The third-order valence-corrected chi connectivity index (χ3v) is 8.96. The van der Waals surface area contributed by atoms with Crippen LogP contribution in [0.4, 0.5) is 11.8 Å². The zero-order chi connectivity index (χ0) is 27.8. The van der Waals surface area contributed by atoms with E-state index < -0.39 is 24.5 Å². The van der Waals surface area contributed by atoms with E-state index in [2.05, 4.69) is 39.1 Å². The molecule has 6 rings (SSSR count). The second-order valence-corrected chi connectivity index (χ2v) is 11.4. The molecule has 0 bridgehead atoms.